The third kappa shape index (κ3) is 2.65. The Bertz CT molecular complexity index is 174. The molecule has 0 unspecified atom stereocenters. The van der Waals surface area contributed by atoms with Crippen molar-refractivity contribution in [3.05, 3.63) is 28.2 Å². The van der Waals surface area contributed by atoms with Gasteiger partial charge in [0.05, 0.1) is 0 Å². The fourth-order valence-electron chi connectivity index (χ4n) is 0.575. The normalized spacial score (nSPS) is 8.60. The largest absolute Gasteiger partial charge is 0.399 e. The first-order valence-electron chi connectivity index (χ1n) is 2.40. The molecule has 1 nitrogen and oxygen atoms in total. The third-order valence-electron chi connectivity index (χ3n) is 0.885. The molecule has 0 aliphatic rings. The lowest BCUT2D eigenvalue weighted by Gasteiger charge is -1.93. The van der Waals surface area contributed by atoms with Crippen LogP contribution in [0.1, 0.15) is 0 Å². The first-order valence-corrected chi connectivity index (χ1v) is 3.15. The number of halogens is 3. The molecule has 0 aromatic heterocycles. The van der Waals surface area contributed by atoms with Gasteiger partial charge in [-0.1, -0.05) is 23.2 Å². The molecule has 1 aromatic carbocycles. The van der Waals surface area contributed by atoms with Gasteiger partial charge in [-0.15, -0.1) is 12.4 Å². The molecule has 0 aliphatic carbocycles. The summed E-state index contributed by atoms with van der Waals surface area (Å²) in [6.07, 6.45) is 0. The molecule has 0 amide bonds. The van der Waals surface area contributed by atoms with Crippen LogP contribution in [0.15, 0.2) is 18.2 Å². The van der Waals surface area contributed by atoms with Crippen LogP contribution in [0.2, 0.25) is 10.0 Å². The zero-order valence-corrected chi connectivity index (χ0v) is 7.30. The summed E-state index contributed by atoms with van der Waals surface area (Å²) in [4.78, 5) is 0. The van der Waals surface area contributed by atoms with Crippen molar-refractivity contribution in [1.82, 2.24) is 0 Å². The number of nitrogens with two attached hydrogens (primary N) is 1. The van der Waals surface area contributed by atoms with E-state index in [1.807, 2.05) is 0 Å². The van der Waals surface area contributed by atoms with Gasteiger partial charge in [-0.05, 0) is 18.2 Å². The van der Waals surface area contributed by atoms with Gasteiger partial charge in [-0.25, -0.2) is 0 Å². The highest BCUT2D eigenvalue weighted by Gasteiger charge is 1.91. The van der Waals surface area contributed by atoms with E-state index in [2.05, 4.69) is 0 Å². The Labute approximate surface area is 75.5 Å². The van der Waals surface area contributed by atoms with Gasteiger partial charge in [0.1, 0.15) is 0 Å². The fourth-order valence-corrected chi connectivity index (χ4v) is 1.12. The van der Waals surface area contributed by atoms with Gasteiger partial charge in [0, 0.05) is 15.7 Å². The van der Waals surface area contributed by atoms with Crippen molar-refractivity contribution in [2.24, 2.45) is 0 Å². The first-order chi connectivity index (χ1) is 4.18. The van der Waals surface area contributed by atoms with Crippen LogP contribution < -0.4 is 5.73 Å². The maximum Gasteiger partial charge on any atom is 0.0441 e. The molecule has 0 heterocycles. The molecule has 0 spiro atoms. The van der Waals surface area contributed by atoms with Crippen molar-refractivity contribution in [1.29, 1.82) is 0 Å². The summed E-state index contributed by atoms with van der Waals surface area (Å²) in [5.74, 6) is 0. The van der Waals surface area contributed by atoms with Gasteiger partial charge in [-0.2, -0.15) is 0 Å². The Kier molecular flexibility index (Phi) is 3.87. The standard InChI is InChI=1S/C6H5Cl2N.ClH/c7-4-1-5(8)3-6(9)2-4;/h1-3H,9H2;1H. The van der Waals surface area contributed by atoms with E-state index in [9.17, 15) is 0 Å². The van der Waals surface area contributed by atoms with Crippen molar-refractivity contribution < 1.29 is 0 Å². The summed E-state index contributed by atoms with van der Waals surface area (Å²) in [6.45, 7) is 0. The van der Waals surface area contributed by atoms with Gasteiger partial charge in [0.15, 0.2) is 0 Å². The third-order valence-corrected chi connectivity index (χ3v) is 1.32. The average Bonchev–Trinajstić information content (AvgIpc) is 1.59. The number of benzene rings is 1. The van der Waals surface area contributed by atoms with Gasteiger partial charge in [0.2, 0.25) is 0 Å². The molecular formula is C6H6Cl3N. The molecule has 0 radical (unpaired) electrons. The van der Waals surface area contributed by atoms with Crippen LogP contribution in [0, 0.1) is 0 Å². The molecule has 0 aliphatic heterocycles. The number of rotatable bonds is 0. The number of anilines is 1. The summed E-state index contributed by atoms with van der Waals surface area (Å²) in [7, 11) is 0. The predicted molar refractivity (Wildman–Crippen MR) is 48.1 cm³/mol. The number of nitrogen functional groups attached to an aromatic ring is 1. The second-order valence-corrected chi connectivity index (χ2v) is 2.58. The summed E-state index contributed by atoms with van der Waals surface area (Å²) >= 11 is 11.2. The lowest BCUT2D eigenvalue weighted by atomic mass is 10.3. The minimum Gasteiger partial charge on any atom is -0.399 e. The van der Waals surface area contributed by atoms with E-state index >= 15 is 0 Å². The van der Waals surface area contributed by atoms with Gasteiger partial charge in [0.25, 0.3) is 0 Å². The predicted octanol–water partition coefficient (Wildman–Crippen LogP) is 3.00. The zero-order chi connectivity index (χ0) is 6.85. The van der Waals surface area contributed by atoms with E-state index in [-0.39, 0.29) is 12.4 Å². The zero-order valence-electron chi connectivity index (χ0n) is 4.97. The van der Waals surface area contributed by atoms with Crippen molar-refractivity contribution in [2.75, 3.05) is 5.73 Å². The minimum atomic E-state index is 0. The van der Waals surface area contributed by atoms with Crippen molar-refractivity contribution in [3.8, 4) is 0 Å². The summed E-state index contributed by atoms with van der Waals surface area (Å²) < 4.78 is 0. The molecule has 1 rings (SSSR count). The molecule has 0 saturated carbocycles. The van der Waals surface area contributed by atoms with E-state index in [1.54, 1.807) is 18.2 Å². The monoisotopic (exact) mass is 197 g/mol. The van der Waals surface area contributed by atoms with Crippen LogP contribution in [0.4, 0.5) is 5.69 Å². The van der Waals surface area contributed by atoms with E-state index in [0.29, 0.717) is 15.7 Å². The van der Waals surface area contributed by atoms with Crippen LogP contribution in [-0.2, 0) is 0 Å². The van der Waals surface area contributed by atoms with Gasteiger partial charge >= 0.3 is 0 Å². The molecule has 4 heteroatoms. The Balaban J connectivity index is 0.000000810. The molecule has 0 saturated heterocycles. The van der Waals surface area contributed by atoms with E-state index in [1.165, 1.54) is 0 Å². The Morgan fingerprint density at radius 1 is 1.00 bits per heavy atom. The lowest BCUT2D eigenvalue weighted by molar-refractivity contribution is 1.68. The van der Waals surface area contributed by atoms with E-state index in [4.69, 9.17) is 28.9 Å². The lowest BCUT2D eigenvalue weighted by Crippen LogP contribution is -1.82. The van der Waals surface area contributed by atoms with E-state index in [0.717, 1.165) is 0 Å². The van der Waals surface area contributed by atoms with Crippen LogP contribution in [0.25, 0.3) is 0 Å². The summed E-state index contributed by atoms with van der Waals surface area (Å²) in [6, 6.07) is 4.93. The molecular weight excluding hydrogens is 192 g/mol. The second-order valence-electron chi connectivity index (χ2n) is 1.70. The smallest absolute Gasteiger partial charge is 0.0441 e. The quantitative estimate of drug-likeness (QED) is 0.637. The average molecular weight is 198 g/mol. The highest BCUT2D eigenvalue weighted by atomic mass is 35.5. The molecule has 2 N–H and O–H groups in total. The summed E-state index contributed by atoms with van der Waals surface area (Å²) in [5.41, 5.74) is 5.98. The maximum absolute atomic E-state index is 5.59. The molecule has 10 heavy (non-hydrogen) atoms. The van der Waals surface area contributed by atoms with Gasteiger partial charge < -0.3 is 5.73 Å². The van der Waals surface area contributed by atoms with Gasteiger partial charge in [-0.3, -0.25) is 0 Å². The first kappa shape index (κ1) is 9.89. The fraction of sp³-hybridized carbons (Fsp3) is 0. The molecule has 0 fully saturated rings. The van der Waals surface area contributed by atoms with Crippen LogP contribution in [0.5, 0.6) is 0 Å². The van der Waals surface area contributed by atoms with Crippen molar-refractivity contribution in [2.45, 2.75) is 0 Å². The van der Waals surface area contributed by atoms with Crippen LogP contribution >= 0.6 is 35.6 Å². The second kappa shape index (κ2) is 3.91. The summed E-state index contributed by atoms with van der Waals surface area (Å²) in [5, 5.41) is 1.14. The molecule has 0 bridgehead atoms. The Morgan fingerprint density at radius 2 is 1.40 bits per heavy atom. The maximum atomic E-state index is 5.59. The van der Waals surface area contributed by atoms with Crippen molar-refractivity contribution in [3.63, 3.8) is 0 Å². The van der Waals surface area contributed by atoms with Crippen molar-refractivity contribution >= 4 is 41.3 Å². The van der Waals surface area contributed by atoms with E-state index < -0.39 is 0 Å². The SMILES string of the molecule is Cl.Nc1cc(Cl)cc(Cl)c1. The van der Waals surface area contributed by atoms with Crippen LogP contribution in [0.3, 0.4) is 0 Å². The Morgan fingerprint density at radius 3 is 1.70 bits per heavy atom. The molecule has 56 valence electrons. The topological polar surface area (TPSA) is 26.0 Å². The molecule has 0 atom stereocenters. The number of hydrogen-bond acceptors (Lipinski definition) is 1. The highest BCUT2D eigenvalue weighted by molar-refractivity contribution is 6.35. The molecule has 1 aromatic rings. The minimum absolute atomic E-state index is 0. The highest BCUT2D eigenvalue weighted by Crippen LogP contribution is 2.19. The Hall–Kier alpha value is -0.110. The number of hydrogen-bond donors (Lipinski definition) is 1. The van der Waals surface area contributed by atoms with Crippen LogP contribution in [-0.4, -0.2) is 0 Å².